The Morgan fingerprint density at radius 1 is 1.14 bits per heavy atom. The maximum atomic E-state index is 12.4. The first-order valence-corrected chi connectivity index (χ1v) is 7.10. The number of carbonyl (C=O) groups excluding carboxylic acids is 1. The summed E-state index contributed by atoms with van der Waals surface area (Å²) >= 11 is 0. The molecule has 21 heavy (non-hydrogen) atoms. The van der Waals surface area contributed by atoms with E-state index in [0.29, 0.717) is 11.4 Å². The lowest BCUT2D eigenvalue weighted by molar-refractivity contribution is 0.0939. The standard InChI is InChI=1S/C17H21N3O/c1-11(2)15-9-14(10-16(18)20-15)17(21)19-12(3)13-7-5-4-6-8-13/h4-12H,1-3H3,(H2,18,20)(H,19,21). The van der Waals surface area contributed by atoms with Crippen LogP contribution in [-0.4, -0.2) is 10.9 Å². The van der Waals surface area contributed by atoms with Crippen molar-refractivity contribution in [3.8, 4) is 0 Å². The van der Waals surface area contributed by atoms with Crippen molar-refractivity contribution in [1.29, 1.82) is 0 Å². The summed E-state index contributed by atoms with van der Waals surface area (Å²) in [7, 11) is 0. The molecule has 0 aliphatic heterocycles. The Kier molecular flexibility index (Phi) is 4.58. The van der Waals surface area contributed by atoms with Crippen LogP contribution in [0.25, 0.3) is 0 Å². The molecule has 1 amide bonds. The lowest BCUT2D eigenvalue weighted by atomic mass is 10.1. The fourth-order valence-corrected chi connectivity index (χ4v) is 2.11. The van der Waals surface area contributed by atoms with E-state index < -0.39 is 0 Å². The average Bonchev–Trinajstić information content (AvgIpc) is 2.47. The summed E-state index contributed by atoms with van der Waals surface area (Å²) < 4.78 is 0. The zero-order valence-electron chi connectivity index (χ0n) is 12.6. The van der Waals surface area contributed by atoms with Crippen molar-refractivity contribution in [3.05, 3.63) is 59.3 Å². The minimum atomic E-state index is -0.137. The molecule has 0 saturated carbocycles. The number of nitrogens with one attached hydrogen (secondary N) is 1. The molecular formula is C17H21N3O. The quantitative estimate of drug-likeness (QED) is 0.904. The first-order valence-electron chi connectivity index (χ1n) is 7.10. The molecule has 1 atom stereocenters. The number of anilines is 1. The number of nitrogen functional groups attached to an aromatic ring is 1. The number of carbonyl (C=O) groups is 1. The van der Waals surface area contributed by atoms with Gasteiger partial charge >= 0.3 is 0 Å². The van der Waals surface area contributed by atoms with Crippen molar-refractivity contribution in [2.75, 3.05) is 5.73 Å². The molecule has 0 radical (unpaired) electrons. The van der Waals surface area contributed by atoms with Crippen LogP contribution in [0.2, 0.25) is 0 Å². The van der Waals surface area contributed by atoms with Crippen LogP contribution in [-0.2, 0) is 0 Å². The highest BCUT2D eigenvalue weighted by atomic mass is 16.1. The summed E-state index contributed by atoms with van der Waals surface area (Å²) in [6, 6.07) is 13.2. The van der Waals surface area contributed by atoms with Crippen LogP contribution in [0.5, 0.6) is 0 Å². The summed E-state index contributed by atoms with van der Waals surface area (Å²) in [6.45, 7) is 6.01. The largest absolute Gasteiger partial charge is 0.384 e. The summed E-state index contributed by atoms with van der Waals surface area (Å²) in [4.78, 5) is 16.6. The number of hydrogen-bond acceptors (Lipinski definition) is 3. The van der Waals surface area contributed by atoms with E-state index in [1.165, 1.54) is 0 Å². The monoisotopic (exact) mass is 283 g/mol. The molecular weight excluding hydrogens is 262 g/mol. The predicted molar refractivity (Wildman–Crippen MR) is 85.1 cm³/mol. The summed E-state index contributed by atoms with van der Waals surface area (Å²) in [5.74, 6) is 0.465. The van der Waals surface area contributed by atoms with Gasteiger partial charge in [0.05, 0.1) is 6.04 Å². The van der Waals surface area contributed by atoms with E-state index in [1.54, 1.807) is 12.1 Å². The number of pyridine rings is 1. The van der Waals surface area contributed by atoms with Gasteiger partial charge in [-0.05, 0) is 30.5 Å². The van der Waals surface area contributed by atoms with E-state index in [4.69, 9.17) is 5.73 Å². The van der Waals surface area contributed by atoms with E-state index in [-0.39, 0.29) is 17.9 Å². The third-order valence-electron chi connectivity index (χ3n) is 3.37. The Hall–Kier alpha value is -2.36. The Labute approximate surface area is 125 Å². The van der Waals surface area contributed by atoms with E-state index >= 15 is 0 Å². The van der Waals surface area contributed by atoms with Gasteiger partial charge in [0, 0.05) is 11.3 Å². The van der Waals surface area contributed by atoms with E-state index in [9.17, 15) is 4.79 Å². The molecule has 0 saturated heterocycles. The van der Waals surface area contributed by atoms with Gasteiger partial charge in [0.15, 0.2) is 0 Å². The smallest absolute Gasteiger partial charge is 0.251 e. The van der Waals surface area contributed by atoms with Crippen LogP contribution < -0.4 is 11.1 Å². The maximum Gasteiger partial charge on any atom is 0.251 e. The van der Waals surface area contributed by atoms with Crippen molar-refractivity contribution >= 4 is 11.7 Å². The highest BCUT2D eigenvalue weighted by molar-refractivity contribution is 5.95. The Balaban J connectivity index is 2.17. The van der Waals surface area contributed by atoms with E-state index in [0.717, 1.165) is 11.3 Å². The fourth-order valence-electron chi connectivity index (χ4n) is 2.11. The van der Waals surface area contributed by atoms with Crippen molar-refractivity contribution in [2.45, 2.75) is 32.7 Å². The van der Waals surface area contributed by atoms with Gasteiger partial charge in [-0.15, -0.1) is 0 Å². The number of rotatable bonds is 4. The molecule has 1 heterocycles. The van der Waals surface area contributed by atoms with Crippen LogP contribution >= 0.6 is 0 Å². The number of aromatic nitrogens is 1. The SMILES string of the molecule is CC(C)c1cc(C(=O)NC(C)c2ccccc2)cc(N)n1. The van der Waals surface area contributed by atoms with Crippen molar-refractivity contribution in [3.63, 3.8) is 0 Å². The van der Waals surface area contributed by atoms with Gasteiger partial charge in [0.25, 0.3) is 5.91 Å². The Bertz CT molecular complexity index is 623. The molecule has 1 aromatic heterocycles. The molecule has 0 aliphatic rings. The normalized spacial score (nSPS) is 12.2. The molecule has 0 bridgehead atoms. The van der Waals surface area contributed by atoms with E-state index in [2.05, 4.69) is 10.3 Å². The zero-order valence-corrected chi connectivity index (χ0v) is 12.6. The van der Waals surface area contributed by atoms with Gasteiger partial charge < -0.3 is 11.1 Å². The third kappa shape index (κ3) is 3.81. The molecule has 2 aromatic rings. The number of nitrogens with zero attached hydrogens (tertiary/aromatic N) is 1. The van der Waals surface area contributed by atoms with Gasteiger partial charge in [-0.1, -0.05) is 44.2 Å². The number of hydrogen-bond donors (Lipinski definition) is 2. The highest BCUT2D eigenvalue weighted by Crippen LogP contribution is 2.17. The molecule has 4 heteroatoms. The summed E-state index contributed by atoms with van der Waals surface area (Å²) in [5, 5.41) is 2.98. The third-order valence-corrected chi connectivity index (χ3v) is 3.37. The van der Waals surface area contributed by atoms with Gasteiger partial charge in [0.1, 0.15) is 5.82 Å². The first-order chi connectivity index (χ1) is 9.97. The van der Waals surface area contributed by atoms with Crippen LogP contribution in [0.3, 0.4) is 0 Å². The van der Waals surface area contributed by atoms with Gasteiger partial charge in [-0.2, -0.15) is 0 Å². The number of amides is 1. The molecule has 0 fully saturated rings. The Morgan fingerprint density at radius 3 is 2.43 bits per heavy atom. The summed E-state index contributed by atoms with van der Waals surface area (Å²) in [5.41, 5.74) is 8.23. The van der Waals surface area contributed by atoms with Crippen LogP contribution in [0.15, 0.2) is 42.5 Å². The first kappa shape index (κ1) is 15.0. The average molecular weight is 283 g/mol. The topological polar surface area (TPSA) is 68.0 Å². The molecule has 3 N–H and O–H groups in total. The molecule has 110 valence electrons. The molecule has 0 aliphatic carbocycles. The summed E-state index contributed by atoms with van der Waals surface area (Å²) in [6.07, 6.45) is 0. The second kappa shape index (κ2) is 6.39. The lowest BCUT2D eigenvalue weighted by Crippen LogP contribution is -2.27. The van der Waals surface area contributed by atoms with Crippen LogP contribution in [0, 0.1) is 0 Å². The predicted octanol–water partition coefficient (Wildman–Crippen LogP) is 3.28. The molecule has 4 nitrogen and oxygen atoms in total. The number of nitrogens with two attached hydrogens (primary N) is 1. The van der Waals surface area contributed by atoms with E-state index in [1.807, 2.05) is 51.1 Å². The van der Waals surface area contributed by atoms with Crippen LogP contribution in [0.1, 0.15) is 54.3 Å². The van der Waals surface area contributed by atoms with Gasteiger partial charge in [0.2, 0.25) is 0 Å². The van der Waals surface area contributed by atoms with Crippen molar-refractivity contribution in [2.24, 2.45) is 0 Å². The lowest BCUT2D eigenvalue weighted by Gasteiger charge is -2.15. The molecule has 2 rings (SSSR count). The minimum absolute atomic E-state index is 0.0596. The maximum absolute atomic E-state index is 12.4. The fraction of sp³-hybridized carbons (Fsp3) is 0.294. The Morgan fingerprint density at radius 2 is 1.81 bits per heavy atom. The van der Waals surface area contributed by atoms with Crippen molar-refractivity contribution in [1.82, 2.24) is 10.3 Å². The second-order valence-electron chi connectivity index (χ2n) is 5.47. The molecule has 1 aromatic carbocycles. The number of benzene rings is 1. The zero-order chi connectivity index (χ0) is 15.4. The second-order valence-corrected chi connectivity index (χ2v) is 5.47. The van der Waals surface area contributed by atoms with Crippen molar-refractivity contribution < 1.29 is 4.79 Å². The van der Waals surface area contributed by atoms with Crippen LogP contribution in [0.4, 0.5) is 5.82 Å². The highest BCUT2D eigenvalue weighted by Gasteiger charge is 2.14. The molecule has 1 unspecified atom stereocenters. The van der Waals surface area contributed by atoms with Gasteiger partial charge in [-0.25, -0.2) is 4.98 Å². The minimum Gasteiger partial charge on any atom is -0.384 e. The van der Waals surface area contributed by atoms with Gasteiger partial charge in [-0.3, -0.25) is 4.79 Å². The molecule has 0 spiro atoms.